The highest BCUT2D eigenvalue weighted by molar-refractivity contribution is 7.15. The number of nitrogens with zero attached hydrogens (tertiary/aromatic N) is 2. The number of amides is 1. The predicted octanol–water partition coefficient (Wildman–Crippen LogP) is 3.79. The summed E-state index contributed by atoms with van der Waals surface area (Å²) in [4.78, 5) is 12.0. The van der Waals surface area contributed by atoms with Gasteiger partial charge in [0.15, 0.2) is 0 Å². The second kappa shape index (κ2) is 8.21. The van der Waals surface area contributed by atoms with Gasteiger partial charge in [-0.1, -0.05) is 53.8 Å². The molecular weight excluding hydrogens is 334 g/mol. The molecule has 5 nitrogen and oxygen atoms in total. The van der Waals surface area contributed by atoms with Crippen molar-refractivity contribution in [3.63, 3.8) is 0 Å². The quantitative estimate of drug-likeness (QED) is 0.686. The monoisotopic (exact) mass is 351 g/mol. The molecule has 25 heavy (non-hydrogen) atoms. The van der Waals surface area contributed by atoms with Gasteiger partial charge in [0, 0.05) is 12.5 Å². The van der Waals surface area contributed by atoms with Crippen LogP contribution in [0.1, 0.15) is 16.1 Å². The van der Waals surface area contributed by atoms with Gasteiger partial charge in [-0.2, -0.15) is 0 Å². The van der Waals surface area contributed by atoms with Crippen molar-refractivity contribution in [3.8, 4) is 5.75 Å². The van der Waals surface area contributed by atoms with E-state index in [2.05, 4.69) is 15.5 Å². The van der Waals surface area contributed by atoms with Crippen LogP contribution in [0.4, 0.5) is 5.13 Å². The molecule has 1 heterocycles. The van der Waals surface area contributed by atoms with Crippen molar-refractivity contribution in [2.45, 2.75) is 6.42 Å². The number of hydrogen-bond donors (Lipinski definition) is 1. The number of aromatic nitrogens is 2. The molecule has 0 spiro atoms. The average Bonchev–Trinajstić information content (AvgIpc) is 3.08. The van der Waals surface area contributed by atoms with Crippen LogP contribution in [0, 0.1) is 0 Å². The largest absolute Gasteiger partial charge is 0.497 e. The lowest BCUT2D eigenvalue weighted by atomic mass is 10.2. The van der Waals surface area contributed by atoms with Crippen LogP contribution in [-0.2, 0) is 11.2 Å². The number of carbonyl (C=O) groups excluding carboxylic acids is 1. The molecule has 1 amide bonds. The van der Waals surface area contributed by atoms with Gasteiger partial charge >= 0.3 is 0 Å². The smallest absolute Gasteiger partial charge is 0.250 e. The Kier molecular flexibility index (Phi) is 5.53. The summed E-state index contributed by atoms with van der Waals surface area (Å²) in [6.07, 6.45) is 3.91. The summed E-state index contributed by atoms with van der Waals surface area (Å²) in [5, 5.41) is 12.2. The highest BCUT2D eigenvalue weighted by Gasteiger charge is 2.07. The number of methoxy groups -OCH3 is 1. The van der Waals surface area contributed by atoms with Crippen LogP contribution in [0.25, 0.3) is 6.08 Å². The van der Waals surface area contributed by atoms with Crippen LogP contribution in [-0.4, -0.2) is 23.2 Å². The van der Waals surface area contributed by atoms with E-state index in [0.29, 0.717) is 11.6 Å². The Morgan fingerprint density at radius 2 is 1.88 bits per heavy atom. The fourth-order valence-electron chi connectivity index (χ4n) is 2.18. The van der Waals surface area contributed by atoms with E-state index in [1.54, 1.807) is 13.2 Å². The third kappa shape index (κ3) is 4.99. The fourth-order valence-corrected chi connectivity index (χ4v) is 2.96. The first-order valence-corrected chi connectivity index (χ1v) is 8.54. The number of carbonyl (C=O) groups is 1. The molecule has 2 aromatic carbocycles. The van der Waals surface area contributed by atoms with Crippen LogP contribution in [0.2, 0.25) is 0 Å². The van der Waals surface area contributed by atoms with Crippen LogP contribution in [0.5, 0.6) is 5.75 Å². The molecular formula is C19H17N3O2S. The molecule has 0 aliphatic carbocycles. The lowest BCUT2D eigenvalue weighted by Gasteiger charge is -1.99. The first kappa shape index (κ1) is 16.9. The van der Waals surface area contributed by atoms with Gasteiger partial charge in [-0.05, 0) is 29.3 Å². The molecule has 0 unspecified atom stereocenters. The molecule has 0 fully saturated rings. The van der Waals surface area contributed by atoms with Crippen molar-refractivity contribution in [1.29, 1.82) is 0 Å². The molecule has 1 N–H and O–H groups in total. The molecule has 0 atom stereocenters. The molecule has 0 aliphatic rings. The van der Waals surface area contributed by atoms with Gasteiger partial charge in [0.2, 0.25) is 11.0 Å². The highest BCUT2D eigenvalue weighted by Crippen LogP contribution is 2.18. The van der Waals surface area contributed by atoms with Crippen molar-refractivity contribution in [3.05, 3.63) is 76.8 Å². The van der Waals surface area contributed by atoms with E-state index in [4.69, 9.17) is 4.74 Å². The molecule has 0 saturated heterocycles. The summed E-state index contributed by atoms with van der Waals surface area (Å²) < 4.78 is 5.10. The summed E-state index contributed by atoms with van der Waals surface area (Å²) in [5.41, 5.74) is 2.08. The van der Waals surface area contributed by atoms with E-state index < -0.39 is 0 Å². The first-order chi connectivity index (χ1) is 12.2. The predicted molar refractivity (Wildman–Crippen MR) is 99.8 cm³/mol. The molecule has 0 bridgehead atoms. The van der Waals surface area contributed by atoms with Gasteiger partial charge in [-0.15, -0.1) is 10.2 Å². The van der Waals surface area contributed by atoms with Gasteiger partial charge in [0.05, 0.1) is 7.11 Å². The van der Waals surface area contributed by atoms with E-state index in [0.717, 1.165) is 21.9 Å². The Balaban J connectivity index is 1.56. The summed E-state index contributed by atoms with van der Waals surface area (Å²) >= 11 is 1.38. The highest BCUT2D eigenvalue weighted by atomic mass is 32.1. The van der Waals surface area contributed by atoms with Gasteiger partial charge in [0.25, 0.3) is 0 Å². The summed E-state index contributed by atoms with van der Waals surface area (Å²) in [5.74, 6) is 0.541. The number of rotatable bonds is 6. The van der Waals surface area contributed by atoms with Crippen molar-refractivity contribution >= 4 is 28.5 Å². The molecule has 3 aromatic rings. The fraction of sp³-hybridized carbons (Fsp3) is 0.105. The number of hydrogen-bond acceptors (Lipinski definition) is 5. The van der Waals surface area contributed by atoms with Gasteiger partial charge in [-0.3, -0.25) is 10.1 Å². The molecule has 3 rings (SSSR count). The Morgan fingerprint density at radius 1 is 1.12 bits per heavy atom. The second-order valence-electron chi connectivity index (χ2n) is 5.26. The molecule has 1 aromatic heterocycles. The molecule has 6 heteroatoms. The van der Waals surface area contributed by atoms with E-state index in [1.807, 2.05) is 54.6 Å². The number of anilines is 1. The Bertz CT molecular complexity index is 858. The van der Waals surface area contributed by atoms with Gasteiger partial charge in [0.1, 0.15) is 10.8 Å². The minimum atomic E-state index is -0.238. The maximum Gasteiger partial charge on any atom is 0.250 e. The van der Waals surface area contributed by atoms with Crippen molar-refractivity contribution in [2.24, 2.45) is 0 Å². The van der Waals surface area contributed by atoms with Crippen LogP contribution in [0.15, 0.2) is 60.7 Å². The summed E-state index contributed by atoms with van der Waals surface area (Å²) in [7, 11) is 1.62. The number of benzene rings is 2. The zero-order valence-electron chi connectivity index (χ0n) is 13.7. The van der Waals surface area contributed by atoms with Crippen LogP contribution < -0.4 is 10.1 Å². The lowest BCUT2D eigenvalue weighted by Crippen LogP contribution is -2.07. The minimum Gasteiger partial charge on any atom is -0.497 e. The lowest BCUT2D eigenvalue weighted by molar-refractivity contribution is -0.111. The number of ether oxygens (including phenoxy) is 1. The third-order valence-electron chi connectivity index (χ3n) is 3.44. The minimum absolute atomic E-state index is 0.238. The molecule has 0 aliphatic heterocycles. The topological polar surface area (TPSA) is 64.1 Å². The molecule has 0 saturated carbocycles. The third-order valence-corrected chi connectivity index (χ3v) is 4.28. The first-order valence-electron chi connectivity index (χ1n) is 7.72. The zero-order chi connectivity index (χ0) is 17.5. The summed E-state index contributed by atoms with van der Waals surface area (Å²) in [6, 6.07) is 17.5. The Hall–Kier alpha value is -2.99. The van der Waals surface area contributed by atoms with E-state index >= 15 is 0 Å². The SMILES string of the molecule is COc1ccc(/C=C/C(=O)Nc2nnc(Cc3ccccc3)s2)cc1. The maximum absolute atomic E-state index is 12.0. The average molecular weight is 351 g/mol. The Morgan fingerprint density at radius 3 is 2.60 bits per heavy atom. The van der Waals surface area contributed by atoms with Crippen molar-refractivity contribution < 1.29 is 9.53 Å². The molecule has 126 valence electrons. The standard InChI is InChI=1S/C19H17N3O2S/c1-24-16-10-7-14(8-11-16)9-12-17(23)20-19-22-21-18(25-19)13-15-5-3-2-4-6-15/h2-12H,13H2,1H3,(H,20,22,23)/b12-9+. The number of nitrogens with one attached hydrogen (secondary N) is 1. The zero-order valence-corrected chi connectivity index (χ0v) is 14.5. The summed E-state index contributed by atoms with van der Waals surface area (Å²) in [6.45, 7) is 0. The maximum atomic E-state index is 12.0. The van der Waals surface area contributed by atoms with Crippen LogP contribution in [0.3, 0.4) is 0 Å². The van der Waals surface area contributed by atoms with E-state index in [9.17, 15) is 4.79 Å². The normalized spacial score (nSPS) is 10.8. The van der Waals surface area contributed by atoms with Crippen LogP contribution >= 0.6 is 11.3 Å². The van der Waals surface area contributed by atoms with Gasteiger partial charge in [-0.25, -0.2) is 0 Å². The second-order valence-corrected chi connectivity index (χ2v) is 6.32. The van der Waals surface area contributed by atoms with Crippen molar-refractivity contribution in [1.82, 2.24) is 10.2 Å². The van der Waals surface area contributed by atoms with Gasteiger partial charge < -0.3 is 4.74 Å². The van der Waals surface area contributed by atoms with Crippen molar-refractivity contribution in [2.75, 3.05) is 12.4 Å². The Labute approximate surface area is 150 Å². The van der Waals surface area contributed by atoms with E-state index in [1.165, 1.54) is 17.4 Å². The molecule has 0 radical (unpaired) electrons. The van der Waals surface area contributed by atoms with E-state index in [-0.39, 0.29) is 5.91 Å².